The predicted octanol–water partition coefficient (Wildman–Crippen LogP) is 4.81. The van der Waals surface area contributed by atoms with Crippen LogP contribution in [-0.2, 0) is 22.3 Å². The molecule has 3 heteroatoms. The summed E-state index contributed by atoms with van der Waals surface area (Å²) in [5, 5.41) is 0. The molecule has 1 atom stereocenters. The van der Waals surface area contributed by atoms with Crippen LogP contribution in [0, 0.1) is 5.92 Å². The molecule has 3 nitrogen and oxygen atoms in total. The summed E-state index contributed by atoms with van der Waals surface area (Å²) in [6, 6.07) is 6.17. The molecular formula is C20H32O3. The maximum Gasteiger partial charge on any atom is 0.338 e. The van der Waals surface area contributed by atoms with Crippen molar-refractivity contribution in [2.75, 3.05) is 13.7 Å². The van der Waals surface area contributed by atoms with Gasteiger partial charge in [-0.25, -0.2) is 4.79 Å². The highest BCUT2D eigenvalue weighted by molar-refractivity contribution is 5.90. The first kappa shape index (κ1) is 19.7. The van der Waals surface area contributed by atoms with Crippen LogP contribution in [-0.4, -0.2) is 25.8 Å². The molecule has 1 aromatic rings. The Kier molecular flexibility index (Phi) is 8.93. The SMILES string of the molecule is CCCc1cc(CCC)cc(C(=O)OC(COC)CC(C)C)c1. The van der Waals surface area contributed by atoms with Gasteiger partial charge in [0.05, 0.1) is 12.2 Å². The molecular weight excluding hydrogens is 288 g/mol. The highest BCUT2D eigenvalue weighted by Crippen LogP contribution is 2.17. The number of aryl methyl sites for hydroxylation is 2. The van der Waals surface area contributed by atoms with E-state index in [-0.39, 0.29) is 12.1 Å². The number of benzene rings is 1. The van der Waals surface area contributed by atoms with Gasteiger partial charge in [-0.15, -0.1) is 0 Å². The zero-order chi connectivity index (χ0) is 17.2. The highest BCUT2D eigenvalue weighted by Gasteiger charge is 2.18. The zero-order valence-electron chi connectivity index (χ0n) is 15.4. The second-order valence-corrected chi connectivity index (χ2v) is 6.65. The fourth-order valence-corrected chi connectivity index (χ4v) is 2.83. The maximum absolute atomic E-state index is 12.5. The lowest BCUT2D eigenvalue weighted by Gasteiger charge is -2.19. The van der Waals surface area contributed by atoms with Crippen LogP contribution in [0.5, 0.6) is 0 Å². The molecule has 0 aliphatic heterocycles. The Hall–Kier alpha value is -1.35. The van der Waals surface area contributed by atoms with Crippen molar-refractivity contribution in [2.24, 2.45) is 5.92 Å². The molecule has 0 aliphatic rings. The Bertz CT molecular complexity index is 456. The molecule has 0 aromatic heterocycles. The lowest BCUT2D eigenvalue weighted by molar-refractivity contribution is -0.000700. The molecule has 0 aliphatic carbocycles. The molecule has 130 valence electrons. The van der Waals surface area contributed by atoms with Gasteiger partial charge in [0.25, 0.3) is 0 Å². The third-order valence-corrected chi connectivity index (χ3v) is 3.73. The predicted molar refractivity (Wildman–Crippen MR) is 95.0 cm³/mol. The van der Waals surface area contributed by atoms with Crippen molar-refractivity contribution >= 4 is 5.97 Å². The van der Waals surface area contributed by atoms with E-state index in [4.69, 9.17) is 9.47 Å². The Morgan fingerprint density at radius 3 is 2.04 bits per heavy atom. The van der Waals surface area contributed by atoms with Crippen LogP contribution in [0.4, 0.5) is 0 Å². The minimum Gasteiger partial charge on any atom is -0.456 e. The first-order chi connectivity index (χ1) is 11.0. The molecule has 0 amide bonds. The van der Waals surface area contributed by atoms with Crippen LogP contribution < -0.4 is 0 Å². The first-order valence-electron chi connectivity index (χ1n) is 8.82. The summed E-state index contributed by atoms with van der Waals surface area (Å²) in [5.41, 5.74) is 3.11. The van der Waals surface area contributed by atoms with Crippen LogP contribution >= 0.6 is 0 Å². The molecule has 0 saturated heterocycles. The molecule has 0 saturated carbocycles. The van der Waals surface area contributed by atoms with Crippen LogP contribution in [0.15, 0.2) is 18.2 Å². The summed E-state index contributed by atoms with van der Waals surface area (Å²) in [6.45, 7) is 9.00. The van der Waals surface area contributed by atoms with E-state index in [1.807, 2.05) is 12.1 Å². The summed E-state index contributed by atoms with van der Waals surface area (Å²) >= 11 is 0. The van der Waals surface area contributed by atoms with E-state index >= 15 is 0 Å². The van der Waals surface area contributed by atoms with Crippen LogP contribution in [0.3, 0.4) is 0 Å². The fourth-order valence-electron chi connectivity index (χ4n) is 2.83. The minimum absolute atomic E-state index is 0.183. The number of esters is 1. The largest absolute Gasteiger partial charge is 0.456 e. The molecule has 0 fully saturated rings. The van der Waals surface area contributed by atoms with Crippen molar-refractivity contribution in [3.63, 3.8) is 0 Å². The molecule has 0 bridgehead atoms. The van der Waals surface area contributed by atoms with Gasteiger partial charge in [-0.2, -0.15) is 0 Å². The Morgan fingerprint density at radius 2 is 1.61 bits per heavy atom. The quantitative estimate of drug-likeness (QED) is 0.580. The van der Waals surface area contributed by atoms with E-state index in [1.165, 1.54) is 11.1 Å². The van der Waals surface area contributed by atoms with Crippen molar-refractivity contribution in [3.05, 3.63) is 34.9 Å². The third-order valence-electron chi connectivity index (χ3n) is 3.73. The van der Waals surface area contributed by atoms with Crippen molar-refractivity contribution in [1.29, 1.82) is 0 Å². The molecule has 1 unspecified atom stereocenters. The van der Waals surface area contributed by atoms with E-state index < -0.39 is 0 Å². The van der Waals surface area contributed by atoms with Crippen molar-refractivity contribution < 1.29 is 14.3 Å². The minimum atomic E-state index is -0.233. The number of ether oxygens (including phenoxy) is 2. The number of carbonyl (C=O) groups excluding carboxylic acids is 1. The van der Waals surface area contributed by atoms with Gasteiger partial charge in [0.2, 0.25) is 0 Å². The lowest BCUT2D eigenvalue weighted by Crippen LogP contribution is -2.25. The number of hydrogen-bond donors (Lipinski definition) is 0. The number of rotatable bonds is 10. The van der Waals surface area contributed by atoms with E-state index in [0.29, 0.717) is 18.1 Å². The van der Waals surface area contributed by atoms with E-state index in [9.17, 15) is 4.79 Å². The summed E-state index contributed by atoms with van der Waals surface area (Å²) < 4.78 is 10.9. The van der Waals surface area contributed by atoms with E-state index in [2.05, 4.69) is 33.8 Å². The highest BCUT2D eigenvalue weighted by atomic mass is 16.6. The van der Waals surface area contributed by atoms with E-state index in [0.717, 1.165) is 32.1 Å². The lowest BCUT2D eigenvalue weighted by atomic mass is 10.00. The van der Waals surface area contributed by atoms with Gasteiger partial charge in [0, 0.05) is 7.11 Å². The summed E-state index contributed by atoms with van der Waals surface area (Å²) in [7, 11) is 1.64. The molecule has 1 rings (SSSR count). The standard InChI is InChI=1S/C20H32O3/c1-6-8-16-11-17(9-7-2)13-18(12-16)20(21)23-19(14-22-5)10-15(3)4/h11-13,15,19H,6-10,14H2,1-5H3. The molecule has 0 heterocycles. The monoisotopic (exact) mass is 320 g/mol. The van der Waals surface area contributed by atoms with Gasteiger partial charge in [-0.05, 0) is 48.4 Å². The van der Waals surface area contributed by atoms with E-state index in [1.54, 1.807) is 7.11 Å². The van der Waals surface area contributed by atoms with Gasteiger partial charge in [0.1, 0.15) is 6.10 Å². The topological polar surface area (TPSA) is 35.5 Å². The molecule has 0 N–H and O–H groups in total. The Balaban J connectivity index is 2.91. The van der Waals surface area contributed by atoms with Crippen LogP contribution in [0.25, 0.3) is 0 Å². The van der Waals surface area contributed by atoms with Gasteiger partial charge in [-0.1, -0.05) is 46.6 Å². The number of hydrogen-bond acceptors (Lipinski definition) is 3. The molecule has 0 radical (unpaired) electrons. The summed E-state index contributed by atoms with van der Waals surface area (Å²) in [5.74, 6) is 0.230. The van der Waals surface area contributed by atoms with Crippen molar-refractivity contribution in [1.82, 2.24) is 0 Å². The average molecular weight is 320 g/mol. The third kappa shape index (κ3) is 7.17. The second kappa shape index (κ2) is 10.4. The normalized spacial score (nSPS) is 12.4. The zero-order valence-corrected chi connectivity index (χ0v) is 15.4. The second-order valence-electron chi connectivity index (χ2n) is 6.65. The average Bonchev–Trinajstić information content (AvgIpc) is 2.47. The fraction of sp³-hybridized carbons (Fsp3) is 0.650. The van der Waals surface area contributed by atoms with Gasteiger partial charge >= 0.3 is 5.97 Å². The van der Waals surface area contributed by atoms with Gasteiger partial charge in [-0.3, -0.25) is 0 Å². The number of methoxy groups -OCH3 is 1. The summed E-state index contributed by atoms with van der Waals surface area (Å²) in [6.07, 6.45) is 4.76. The van der Waals surface area contributed by atoms with Crippen LogP contribution in [0.1, 0.15) is 68.4 Å². The molecule has 0 spiro atoms. The van der Waals surface area contributed by atoms with Gasteiger partial charge in [0.15, 0.2) is 0 Å². The van der Waals surface area contributed by atoms with Gasteiger partial charge < -0.3 is 9.47 Å². The number of carbonyl (C=O) groups is 1. The first-order valence-corrected chi connectivity index (χ1v) is 8.82. The Labute approximate surface area is 141 Å². The maximum atomic E-state index is 12.5. The van der Waals surface area contributed by atoms with Crippen molar-refractivity contribution in [3.8, 4) is 0 Å². The van der Waals surface area contributed by atoms with Crippen LogP contribution in [0.2, 0.25) is 0 Å². The van der Waals surface area contributed by atoms with Crippen molar-refractivity contribution in [2.45, 2.75) is 65.9 Å². The Morgan fingerprint density at radius 1 is 1.04 bits per heavy atom. The smallest absolute Gasteiger partial charge is 0.338 e. The molecule has 23 heavy (non-hydrogen) atoms. The molecule has 1 aromatic carbocycles. The summed E-state index contributed by atoms with van der Waals surface area (Å²) in [4.78, 5) is 12.5.